The normalized spacial score (nSPS) is 11.3. The predicted molar refractivity (Wildman–Crippen MR) is 129 cm³/mol. The lowest BCUT2D eigenvalue weighted by Crippen LogP contribution is -2.24. The molecule has 0 aliphatic rings. The molecule has 0 bridgehead atoms. The van der Waals surface area contributed by atoms with Crippen LogP contribution in [-0.4, -0.2) is 38.5 Å². The Hall–Kier alpha value is -2.81. The van der Waals surface area contributed by atoms with Gasteiger partial charge in [-0.05, 0) is 47.5 Å². The summed E-state index contributed by atoms with van der Waals surface area (Å²) in [4.78, 5) is 13.4. The van der Waals surface area contributed by atoms with E-state index in [1.165, 1.54) is 28.1 Å². The summed E-state index contributed by atoms with van der Waals surface area (Å²) in [6.45, 7) is 0.160. The molecule has 1 amide bonds. The molecule has 0 atom stereocenters. The lowest BCUT2D eigenvalue weighted by Gasteiger charge is -2.14. The van der Waals surface area contributed by atoms with Gasteiger partial charge in [-0.3, -0.25) is 4.79 Å². The molecule has 6 nitrogen and oxygen atoms in total. The zero-order valence-corrected chi connectivity index (χ0v) is 19.7. The molecular weight excluding hydrogens is 444 g/mol. The van der Waals surface area contributed by atoms with Crippen molar-refractivity contribution in [3.8, 4) is 5.75 Å². The second-order valence-electron chi connectivity index (χ2n) is 7.30. The quantitative estimate of drug-likeness (QED) is 0.445. The summed E-state index contributed by atoms with van der Waals surface area (Å²) in [6, 6.07) is 25.0. The largest absolute Gasteiger partial charge is 0.484 e. The summed E-state index contributed by atoms with van der Waals surface area (Å²) in [5.41, 5.74) is 2.72. The van der Waals surface area contributed by atoms with Crippen LogP contribution in [0.4, 0.5) is 5.69 Å². The van der Waals surface area contributed by atoms with Crippen LogP contribution in [0.25, 0.3) is 0 Å². The first kappa shape index (κ1) is 23.8. The summed E-state index contributed by atoms with van der Waals surface area (Å²) in [5.74, 6) is 1.15. The second kappa shape index (κ2) is 11.2. The molecule has 0 spiro atoms. The van der Waals surface area contributed by atoms with E-state index in [2.05, 4.69) is 17.4 Å². The van der Waals surface area contributed by atoms with Gasteiger partial charge in [0.05, 0.1) is 6.26 Å². The highest BCUT2D eigenvalue weighted by molar-refractivity contribution is 7.98. The van der Waals surface area contributed by atoms with Gasteiger partial charge in [0.15, 0.2) is 6.61 Å². The number of benzene rings is 3. The Morgan fingerprint density at radius 1 is 0.938 bits per heavy atom. The lowest BCUT2D eigenvalue weighted by molar-refractivity contribution is -0.118. The summed E-state index contributed by atoms with van der Waals surface area (Å²) in [6.07, 6.45) is 1.17. The van der Waals surface area contributed by atoms with Crippen molar-refractivity contribution in [3.63, 3.8) is 0 Å². The Morgan fingerprint density at radius 3 is 2.19 bits per heavy atom. The summed E-state index contributed by atoms with van der Waals surface area (Å²) in [5, 5.41) is 2.82. The highest BCUT2D eigenvalue weighted by Gasteiger charge is 2.11. The number of thioether (sulfide) groups is 1. The molecule has 3 aromatic rings. The van der Waals surface area contributed by atoms with Gasteiger partial charge in [-0.1, -0.05) is 42.5 Å². The van der Waals surface area contributed by atoms with Gasteiger partial charge < -0.3 is 10.1 Å². The molecule has 0 aliphatic heterocycles. The van der Waals surface area contributed by atoms with Gasteiger partial charge in [-0.25, -0.2) is 12.7 Å². The maximum atomic E-state index is 12.2. The van der Waals surface area contributed by atoms with Crippen LogP contribution in [0.3, 0.4) is 0 Å². The van der Waals surface area contributed by atoms with Crippen molar-refractivity contribution >= 4 is 33.4 Å². The zero-order valence-electron chi connectivity index (χ0n) is 18.0. The van der Waals surface area contributed by atoms with Crippen molar-refractivity contribution in [2.45, 2.75) is 17.2 Å². The molecule has 0 saturated heterocycles. The maximum absolute atomic E-state index is 12.2. The molecule has 0 unspecified atom stereocenters. The fourth-order valence-electron chi connectivity index (χ4n) is 2.78. The van der Waals surface area contributed by atoms with E-state index in [9.17, 15) is 13.2 Å². The Balaban J connectivity index is 1.43. The Morgan fingerprint density at radius 2 is 1.56 bits per heavy atom. The van der Waals surface area contributed by atoms with E-state index in [1.807, 2.05) is 42.5 Å². The lowest BCUT2D eigenvalue weighted by atomic mass is 10.2. The van der Waals surface area contributed by atoms with E-state index < -0.39 is 10.0 Å². The SMILES string of the molecule is CN(Cc1ccc(OCC(=O)Nc2ccc(CSc3ccccc3)cc2)cc1)S(C)(=O)=O. The number of ether oxygens (including phenoxy) is 1. The van der Waals surface area contributed by atoms with Gasteiger partial charge in [0.2, 0.25) is 10.0 Å². The van der Waals surface area contributed by atoms with Crippen LogP contribution in [0.1, 0.15) is 11.1 Å². The number of rotatable bonds is 10. The molecule has 0 heterocycles. The van der Waals surface area contributed by atoms with E-state index in [0.717, 1.165) is 11.3 Å². The second-order valence-corrected chi connectivity index (χ2v) is 10.4. The molecule has 0 fully saturated rings. The fraction of sp³-hybridized carbons (Fsp3) is 0.208. The minimum Gasteiger partial charge on any atom is -0.484 e. The van der Waals surface area contributed by atoms with Gasteiger partial charge in [-0.15, -0.1) is 11.8 Å². The Labute approximate surface area is 193 Å². The fourth-order valence-corrected chi connectivity index (χ4v) is 4.04. The van der Waals surface area contributed by atoms with Crippen LogP contribution in [0, 0.1) is 0 Å². The first-order valence-corrected chi connectivity index (χ1v) is 12.8. The number of carbonyl (C=O) groups excluding carboxylic acids is 1. The summed E-state index contributed by atoms with van der Waals surface area (Å²) in [7, 11) is -1.71. The van der Waals surface area contributed by atoms with Crippen molar-refractivity contribution in [3.05, 3.63) is 90.0 Å². The number of hydrogen-bond donors (Lipinski definition) is 1. The Kier molecular flexibility index (Phi) is 8.33. The average Bonchev–Trinajstić information content (AvgIpc) is 2.78. The van der Waals surface area contributed by atoms with Crippen LogP contribution in [0.5, 0.6) is 5.75 Å². The van der Waals surface area contributed by atoms with Crippen molar-refractivity contribution in [2.24, 2.45) is 0 Å². The van der Waals surface area contributed by atoms with E-state index in [1.54, 1.807) is 36.0 Å². The van der Waals surface area contributed by atoms with Crippen molar-refractivity contribution in [1.29, 1.82) is 0 Å². The smallest absolute Gasteiger partial charge is 0.262 e. The third kappa shape index (κ3) is 7.71. The predicted octanol–water partition coefficient (Wildman–Crippen LogP) is 4.39. The molecule has 32 heavy (non-hydrogen) atoms. The molecule has 8 heteroatoms. The Bertz CT molecular complexity index is 1120. The zero-order chi connectivity index (χ0) is 23.0. The molecule has 1 N–H and O–H groups in total. The number of sulfonamides is 1. The van der Waals surface area contributed by atoms with E-state index in [4.69, 9.17) is 4.74 Å². The third-order valence-electron chi connectivity index (χ3n) is 4.65. The molecule has 0 saturated carbocycles. The van der Waals surface area contributed by atoms with Crippen molar-refractivity contribution < 1.29 is 17.9 Å². The van der Waals surface area contributed by atoms with Crippen LogP contribution in [-0.2, 0) is 27.1 Å². The standard InChI is InChI=1S/C24H26N2O4S2/c1-26(32(2,28)29)16-19-10-14-22(15-11-19)30-17-24(27)25-21-12-8-20(9-13-21)18-31-23-6-4-3-5-7-23/h3-15H,16-18H2,1-2H3,(H,25,27). The van der Waals surface area contributed by atoms with E-state index in [0.29, 0.717) is 11.4 Å². The number of nitrogens with zero attached hydrogens (tertiary/aromatic N) is 1. The van der Waals surface area contributed by atoms with Crippen LogP contribution in [0.2, 0.25) is 0 Å². The number of anilines is 1. The molecule has 0 radical (unpaired) electrons. The van der Waals surface area contributed by atoms with Gasteiger partial charge >= 0.3 is 0 Å². The molecule has 3 aromatic carbocycles. The first-order chi connectivity index (χ1) is 15.3. The summed E-state index contributed by atoms with van der Waals surface area (Å²) >= 11 is 1.76. The van der Waals surface area contributed by atoms with Gasteiger partial charge in [0.1, 0.15) is 5.75 Å². The monoisotopic (exact) mass is 470 g/mol. The van der Waals surface area contributed by atoms with Gasteiger partial charge in [0.25, 0.3) is 5.91 Å². The van der Waals surface area contributed by atoms with E-state index >= 15 is 0 Å². The number of nitrogens with one attached hydrogen (secondary N) is 1. The molecule has 3 rings (SSSR count). The highest BCUT2D eigenvalue weighted by atomic mass is 32.2. The minimum atomic E-state index is -3.23. The van der Waals surface area contributed by atoms with Crippen LogP contribution >= 0.6 is 11.8 Å². The third-order valence-corrected chi connectivity index (χ3v) is 7.00. The number of hydrogen-bond acceptors (Lipinski definition) is 5. The topological polar surface area (TPSA) is 75.7 Å². The van der Waals surface area contributed by atoms with Gasteiger partial charge in [-0.2, -0.15) is 0 Å². The number of amides is 1. The maximum Gasteiger partial charge on any atom is 0.262 e. The van der Waals surface area contributed by atoms with E-state index in [-0.39, 0.29) is 19.1 Å². The minimum absolute atomic E-state index is 0.117. The number of carbonyl (C=O) groups is 1. The molecule has 168 valence electrons. The van der Waals surface area contributed by atoms with Crippen LogP contribution < -0.4 is 10.1 Å². The van der Waals surface area contributed by atoms with Gasteiger partial charge in [0, 0.05) is 29.9 Å². The molecule has 0 aromatic heterocycles. The van der Waals surface area contributed by atoms with Crippen LogP contribution in [0.15, 0.2) is 83.8 Å². The molecular formula is C24H26N2O4S2. The van der Waals surface area contributed by atoms with Crippen molar-refractivity contribution in [2.75, 3.05) is 25.2 Å². The first-order valence-electron chi connectivity index (χ1n) is 9.99. The molecule has 0 aliphatic carbocycles. The average molecular weight is 471 g/mol. The van der Waals surface area contributed by atoms with Crippen molar-refractivity contribution in [1.82, 2.24) is 4.31 Å². The highest BCUT2D eigenvalue weighted by Crippen LogP contribution is 2.23. The summed E-state index contributed by atoms with van der Waals surface area (Å²) < 4.78 is 29.8.